The topological polar surface area (TPSA) is 21.7 Å². The highest BCUT2D eigenvalue weighted by atomic mass is 16.7. The smallest absolute Gasteiger partial charge is 0.147 e. The molecule has 0 aromatic heterocycles. The minimum atomic E-state index is -0.118. The van der Waals surface area contributed by atoms with E-state index in [0.29, 0.717) is 12.9 Å². The minimum absolute atomic E-state index is 0.118. The van der Waals surface area contributed by atoms with Crippen LogP contribution in [-0.4, -0.2) is 36.5 Å². The summed E-state index contributed by atoms with van der Waals surface area (Å²) in [4.78, 5) is 2.39. The molecule has 1 heterocycles. The predicted octanol–water partition coefficient (Wildman–Crippen LogP) is 2.66. The molecule has 0 bridgehead atoms. The van der Waals surface area contributed by atoms with Crippen LogP contribution >= 0.6 is 0 Å². The first kappa shape index (κ1) is 13.5. The van der Waals surface area contributed by atoms with Crippen LogP contribution in [0.1, 0.15) is 26.3 Å². The van der Waals surface area contributed by atoms with Crippen LogP contribution in [0, 0.1) is 0 Å². The van der Waals surface area contributed by atoms with Crippen molar-refractivity contribution in [2.45, 2.75) is 39.0 Å². The largest absolute Gasteiger partial charge is 0.350 e. The van der Waals surface area contributed by atoms with Crippen molar-refractivity contribution in [2.75, 3.05) is 19.9 Å². The Kier molecular flexibility index (Phi) is 4.38. The molecule has 0 N–H and O–H groups in total. The summed E-state index contributed by atoms with van der Waals surface area (Å²) in [7, 11) is 0. The molecule has 0 unspecified atom stereocenters. The van der Waals surface area contributed by atoms with Gasteiger partial charge in [-0.1, -0.05) is 30.3 Å². The summed E-state index contributed by atoms with van der Waals surface area (Å²) >= 11 is 0. The van der Waals surface area contributed by atoms with Crippen molar-refractivity contribution in [3.8, 4) is 0 Å². The van der Waals surface area contributed by atoms with Crippen LogP contribution in [0.25, 0.3) is 0 Å². The summed E-state index contributed by atoms with van der Waals surface area (Å²) in [5.41, 5.74) is 1.25. The van der Waals surface area contributed by atoms with Crippen molar-refractivity contribution in [3.05, 3.63) is 35.9 Å². The third-order valence-electron chi connectivity index (χ3n) is 2.97. The van der Waals surface area contributed by atoms with Crippen molar-refractivity contribution in [2.24, 2.45) is 0 Å². The average molecular weight is 249 g/mol. The average Bonchev–Trinajstić information content (AvgIpc) is 2.25. The van der Waals surface area contributed by atoms with Crippen molar-refractivity contribution < 1.29 is 9.47 Å². The van der Waals surface area contributed by atoms with E-state index in [9.17, 15) is 0 Å². The third-order valence-corrected chi connectivity index (χ3v) is 2.97. The zero-order valence-corrected chi connectivity index (χ0v) is 11.6. The summed E-state index contributed by atoms with van der Waals surface area (Å²) in [6, 6.07) is 10.5. The Balaban J connectivity index is 1.60. The summed E-state index contributed by atoms with van der Waals surface area (Å²) in [6.07, 6.45) is 0.330. The molecule has 1 aromatic rings. The molecule has 0 spiro atoms. The molecule has 1 fully saturated rings. The number of nitrogens with zero attached hydrogens (tertiary/aromatic N) is 1. The molecule has 3 nitrogen and oxygen atoms in total. The molecule has 0 atom stereocenters. The number of hydrogen-bond acceptors (Lipinski definition) is 3. The quantitative estimate of drug-likeness (QED) is 0.749. The van der Waals surface area contributed by atoms with Crippen LogP contribution in [0.15, 0.2) is 30.3 Å². The first-order valence-corrected chi connectivity index (χ1v) is 6.55. The maximum atomic E-state index is 5.66. The molecule has 0 radical (unpaired) electrons. The van der Waals surface area contributed by atoms with E-state index in [1.54, 1.807) is 0 Å². The first-order valence-electron chi connectivity index (χ1n) is 6.55. The second-order valence-corrected chi connectivity index (χ2v) is 5.84. The lowest BCUT2D eigenvalue weighted by molar-refractivity contribution is -0.171. The lowest BCUT2D eigenvalue weighted by Gasteiger charge is -2.39. The number of ether oxygens (including phenoxy) is 2. The Morgan fingerprint density at radius 1 is 1.17 bits per heavy atom. The zero-order valence-electron chi connectivity index (χ0n) is 11.6. The molecule has 1 aliphatic heterocycles. The predicted molar refractivity (Wildman–Crippen MR) is 72.3 cm³/mol. The molecule has 2 rings (SSSR count). The van der Waals surface area contributed by atoms with Gasteiger partial charge < -0.3 is 9.47 Å². The molecule has 3 heteroatoms. The molecule has 1 aliphatic rings. The van der Waals surface area contributed by atoms with Gasteiger partial charge >= 0.3 is 0 Å². The maximum absolute atomic E-state index is 5.66. The Morgan fingerprint density at radius 2 is 1.83 bits per heavy atom. The Hall–Kier alpha value is -0.900. The van der Waals surface area contributed by atoms with Gasteiger partial charge in [-0.25, -0.2) is 0 Å². The molecule has 0 aliphatic carbocycles. The van der Waals surface area contributed by atoms with Gasteiger partial charge in [-0.2, -0.15) is 0 Å². The summed E-state index contributed by atoms with van der Waals surface area (Å²) in [5.74, 6) is 0. The monoisotopic (exact) mass is 249 g/mol. The summed E-state index contributed by atoms with van der Waals surface area (Å²) in [5, 5.41) is 0. The fraction of sp³-hybridized carbons (Fsp3) is 0.600. The zero-order chi connectivity index (χ0) is 13.0. The lowest BCUT2D eigenvalue weighted by atomic mass is 10.1. The molecule has 18 heavy (non-hydrogen) atoms. The van der Waals surface area contributed by atoms with Crippen molar-refractivity contribution in [1.82, 2.24) is 4.90 Å². The fourth-order valence-electron chi connectivity index (χ4n) is 1.91. The van der Waals surface area contributed by atoms with E-state index in [4.69, 9.17) is 9.47 Å². The van der Waals surface area contributed by atoms with E-state index in [2.05, 4.69) is 35.2 Å². The van der Waals surface area contributed by atoms with E-state index in [1.165, 1.54) is 5.56 Å². The second-order valence-electron chi connectivity index (χ2n) is 5.84. The van der Waals surface area contributed by atoms with Crippen LogP contribution in [0.4, 0.5) is 0 Å². The van der Waals surface area contributed by atoms with Crippen LogP contribution < -0.4 is 0 Å². The second kappa shape index (κ2) is 5.83. The molecular formula is C15H23NO2. The molecular weight excluding hydrogens is 226 g/mol. The Morgan fingerprint density at radius 3 is 2.44 bits per heavy atom. The van der Waals surface area contributed by atoms with Gasteiger partial charge in [0.2, 0.25) is 0 Å². The molecule has 100 valence electrons. The number of benzene rings is 1. The van der Waals surface area contributed by atoms with Crippen LogP contribution in [-0.2, 0) is 16.0 Å². The van der Waals surface area contributed by atoms with Gasteiger partial charge in [0.25, 0.3) is 0 Å². The first-order chi connectivity index (χ1) is 8.53. The van der Waals surface area contributed by atoms with Crippen molar-refractivity contribution in [1.29, 1.82) is 0 Å². The fourth-order valence-corrected chi connectivity index (χ4v) is 1.91. The summed E-state index contributed by atoms with van der Waals surface area (Å²) < 4.78 is 11.2. The molecule has 0 saturated carbocycles. The maximum Gasteiger partial charge on any atom is 0.147 e. The van der Waals surface area contributed by atoms with Gasteiger partial charge in [0.05, 0.1) is 11.7 Å². The van der Waals surface area contributed by atoms with E-state index in [1.807, 2.05) is 20.8 Å². The normalized spacial score (nSPS) is 17.7. The highest BCUT2D eigenvalue weighted by molar-refractivity contribution is 5.14. The van der Waals surface area contributed by atoms with Gasteiger partial charge in [0, 0.05) is 19.6 Å². The van der Waals surface area contributed by atoms with Crippen LogP contribution in [0.2, 0.25) is 0 Å². The van der Waals surface area contributed by atoms with E-state index < -0.39 is 0 Å². The summed E-state index contributed by atoms with van der Waals surface area (Å²) in [6.45, 7) is 9.54. The Labute approximate surface area is 110 Å². The third kappa shape index (κ3) is 4.41. The number of likely N-dealkylation sites (tertiary alicyclic amines) is 1. The molecule has 0 amide bonds. The van der Waals surface area contributed by atoms with Gasteiger partial charge in [0.1, 0.15) is 6.79 Å². The highest BCUT2D eigenvalue weighted by Crippen LogP contribution is 2.16. The lowest BCUT2D eigenvalue weighted by Crippen LogP contribution is -2.51. The van der Waals surface area contributed by atoms with Crippen LogP contribution in [0.5, 0.6) is 0 Å². The SMILES string of the molecule is CC(C)(C)OCOC1CN(Cc2ccccc2)C1. The van der Waals surface area contributed by atoms with Gasteiger partial charge in [0.15, 0.2) is 0 Å². The van der Waals surface area contributed by atoms with Crippen molar-refractivity contribution in [3.63, 3.8) is 0 Å². The standard InChI is InChI=1S/C15H23NO2/c1-15(2,3)18-12-17-14-10-16(11-14)9-13-7-5-4-6-8-13/h4-8,14H,9-12H2,1-3H3. The van der Waals surface area contributed by atoms with E-state index in [0.717, 1.165) is 19.6 Å². The number of rotatable bonds is 5. The van der Waals surface area contributed by atoms with E-state index in [-0.39, 0.29) is 5.60 Å². The van der Waals surface area contributed by atoms with E-state index >= 15 is 0 Å². The molecule has 1 aromatic carbocycles. The van der Waals surface area contributed by atoms with Gasteiger partial charge in [-0.15, -0.1) is 0 Å². The Bertz CT molecular complexity index is 353. The minimum Gasteiger partial charge on any atom is -0.350 e. The number of hydrogen-bond donors (Lipinski definition) is 0. The molecule has 1 saturated heterocycles. The van der Waals surface area contributed by atoms with Gasteiger partial charge in [-0.05, 0) is 26.3 Å². The van der Waals surface area contributed by atoms with Crippen LogP contribution in [0.3, 0.4) is 0 Å². The van der Waals surface area contributed by atoms with Crippen molar-refractivity contribution >= 4 is 0 Å². The van der Waals surface area contributed by atoms with Gasteiger partial charge in [-0.3, -0.25) is 4.90 Å². The highest BCUT2D eigenvalue weighted by Gasteiger charge is 2.27.